The first kappa shape index (κ1) is 19.2. The summed E-state index contributed by atoms with van der Waals surface area (Å²) in [4.78, 5) is 4.33. The van der Waals surface area contributed by atoms with Crippen molar-refractivity contribution in [2.24, 2.45) is 0 Å². The summed E-state index contributed by atoms with van der Waals surface area (Å²) in [5, 5.41) is 8.65. The van der Waals surface area contributed by atoms with E-state index in [1.165, 1.54) is 18.4 Å². The van der Waals surface area contributed by atoms with Gasteiger partial charge < -0.3 is 10.6 Å². The highest BCUT2D eigenvalue weighted by molar-refractivity contribution is 7.89. The van der Waals surface area contributed by atoms with E-state index in [9.17, 15) is 8.42 Å². The first-order chi connectivity index (χ1) is 12.8. The molecule has 0 aliphatic rings. The van der Waals surface area contributed by atoms with Gasteiger partial charge in [-0.2, -0.15) is 0 Å². The van der Waals surface area contributed by atoms with Crippen molar-refractivity contribution in [2.45, 2.75) is 11.8 Å². The molecule has 140 valence electrons. The van der Waals surface area contributed by atoms with Gasteiger partial charge in [0.15, 0.2) is 5.11 Å². The fourth-order valence-corrected chi connectivity index (χ4v) is 3.76. The Balaban J connectivity index is 1.86. The molecule has 27 heavy (non-hydrogen) atoms. The minimum atomic E-state index is -3.52. The van der Waals surface area contributed by atoms with Crippen LogP contribution in [0.3, 0.4) is 0 Å². The zero-order valence-electron chi connectivity index (χ0n) is 15.2. The number of sulfonamides is 1. The molecule has 0 saturated carbocycles. The van der Waals surface area contributed by atoms with Crippen LogP contribution >= 0.6 is 12.2 Å². The summed E-state index contributed by atoms with van der Waals surface area (Å²) in [6, 6.07) is 12.7. The fourth-order valence-electron chi connectivity index (χ4n) is 2.61. The van der Waals surface area contributed by atoms with Crippen LogP contribution in [-0.4, -0.2) is 36.9 Å². The van der Waals surface area contributed by atoms with Crippen LogP contribution in [0.1, 0.15) is 5.56 Å². The Labute approximate surface area is 164 Å². The molecule has 1 heterocycles. The van der Waals surface area contributed by atoms with Crippen molar-refractivity contribution in [1.82, 2.24) is 9.29 Å². The average molecular weight is 401 g/mol. The van der Waals surface area contributed by atoms with Crippen molar-refractivity contribution in [3.05, 3.63) is 60.4 Å². The van der Waals surface area contributed by atoms with Crippen molar-refractivity contribution in [3.8, 4) is 0 Å². The zero-order valence-corrected chi connectivity index (χ0v) is 16.9. The van der Waals surface area contributed by atoms with Gasteiger partial charge in [0.1, 0.15) is 0 Å². The topological polar surface area (TPSA) is 74.3 Å². The first-order valence-corrected chi connectivity index (χ1v) is 10.1. The summed E-state index contributed by atoms with van der Waals surface area (Å²) in [5.41, 5.74) is 2.37. The number of nitrogens with zero attached hydrogens (tertiary/aromatic N) is 2. The van der Waals surface area contributed by atoms with E-state index < -0.39 is 10.0 Å². The molecule has 0 amide bonds. The van der Waals surface area contributed by atoms with E-state index in [-0.39, 0.29) is 4.90 Å². The van der Waals surface area contributed by atoms with Gasteiger partial charge in [-0.25, -0.2) is 12.7 Å². The Morgan fingerprint density at radius 1 is 1.07 bits per heavy atom. The number of thiocarbonyl (C=S) groups is 1. The Hall–Kier alpha value is -2.55. The Morgan fingerprint density at radius 2 is 1.81 bits per heavy atom. The second-order valence-electron chi connectivity index (χ2n) is 6.25. The van der Waals surface area contributed by atoms with Gasteiger partial charge in [0.25, 0.3) is 0 Å². The molecule has 0 saturated heterocycles. The molecule has 0 fully saturated rings. The number of nitrogens with one attached hydrogen (secondary N) is 2. The summed E-state index contributed by atoms with van der Waals surface area (Å²) in [5.74, 6) is 0. The molecule has 2 aromatic carbocycles. The van der Waals surface area contributed by atoms with E-state index in [0.29, 0.717) is 10.8 Å². The van der Waals surface area contributed by atoms with Crippen LogP contribution in [0.15, 0.2) is 59.8 Å². The van der Waals surface area contributed by atoms with Crippen LogP contribution in [0, 0.1) is 6.92 Å². The fraction of sp³-hybridized carbons (Fsp3) is 0.158. The molecule has 0 atom stereocenters. The third kappa shape index (κ3) is 4.08. The normalized spacial score (nSPS) is 11.6. The van der Waals surface area contributed by atoms with Crippen LogP contribution in [0.25, 0.3) is 10.8 Å². The lowest BCUT2D eigenvalue weighted by Crippen LogP contribution is -2.23. The van der Waals surface area contributed by atoms with E-state index >= 15 is 0 Å². The minimum absolute atomic E-state index is 0.208. The number of hydrogen-bond donors (Lipinski definition) is 2. The number of pyridine rings is 1. The molecule has 0 spiro atoms. The molecular formula is C19H20N4O2S2. The summed E-state index contributed by atoms with van der Waals surface area (Å²) < 4.78 is 25.9. The van der Waals surface area contributed by atoms with Gasteiger partial charge in [-0.1, -0.05) is 18.2 Å². The van der Waals surface area contributed by atoms with Gasteiger partial charge in [-0.3, -0.25) is 4.98 Å². The second kappa shape index (κ2) is 7.59. The molecule has 0 unspecified atom stereocenters. The predicted molar refractivity (Wildman–Crippen MR) is 114 cm³/mol. The van der Waals surface area contributed by atoms with Crippen LogP contribution in [0.4, 0.5) is 11.4 Å². The number of aromatic nitrogens is 1. The minimum Gasteiger partial charge on any atom is -0.332 e. The van der Waals surface area contributed by atoms with Gasteiger partial charge in [-0.05, 0) is 49.0 Å². The SMILES string of the molecule is Cc1ccc(S(=O)(=O)N(C)C)cc1NC(=S)Nc1cccc2cnccc12. The van der Waals surface area contributed by atoms with Crippen LogP contribution in [-0.2, 0) is 10.0 Å². The molecular weight excluding hydrogens is 380 g/mol. The standard InChI is InChI=1S/C19H20N4O2S2/c1-13-7-8-15(27(24,25)23(2)3)11-18(13)22-19(26)21-17-6-4-5-14-12-20-10-9-16(14)17/h4-12H,1-3H3,(H2,21,22,26). The largest absolute Gasteiger partial charge is 0.332 e. The summed E-state index contributed by atoms with van der Waals surface area (Å²) in [6.07, 6.45) is 3.51. The molecule has 8 heteroatoms. The molecule has 0 bridgehead atoms. The molecule has 2 N–H and O–H groups in total. The lowest BCUT2D eigenvalue weighted by molar-refractivity contribution is 0.521. The second-order valence-corrected chi connectivity index (χ2v) is 8.81. The number of hydrogen-bond acceptors (Lipinski definition) is 4. The maximum absolute atomic E-state index is 12.4. The zero-order chi connectivity index (χ0) is 19.6. The summed E-state index contributed by atoms with van der Waals surface area (Å²) >= 11 is 5.43. The van der Waals surface area contributed by atoms with Gasteiger partial charge in [-0.15, -0.1) is 0 Å². The van der Waals surface area contributed by atoms with Crippen molar-refractivity contribution in [2.75, 3.05) is 24.7 Å². The van der Waals surface area contributed by atoms with Crippen LogP contribution in [0.5, 0.6) is 0 Å². The predicted octanol–water partition coefficient (Wildman–Crippen LogP) is 3.60. The number of fused-ring (bicyclic) bond motifs is 1. The maximum Gasteiger partial charge on any atom is 0.242 e. The molecule has 0 aliphatic heterocycles. The Kier molecular flexibility index (Phi) is 5.41. The first-order valence-electron chi connectivity index (χ1n) is 8.23. The van der Waals surface area contributed by atoms with Crippen molar-refractivity contribution < 1.29 is 8.42 Å². The average Bonchev–Trinajstić information content (AvgIpc) is 2.63. The van der Waals surface area contributed by atoms with Crippen LogP contribution in [0.2, 0.25) is 0 Å². The highest BCUT2D eigenvalue weighted by Crippen LogP contribution is 2.24. The molecule has 3 aromatic rings. The van der Waals surface area contributed by atoms with Crippen molar-refractivity contribution in [1.29, 1.82) is 0 Å². The van der Waals surface area contributed by atoms with E-state index in [1.807, 2.05) is 31.2 Å². The van der Waals surface area contributed by atoms with Crippen LogP contribution < -0.4 is 10.6 Å². The van der Waals surface area contributed by atoms with Crippen molar-refractivity contribution >= 4 is 49.5 Å². The van der Waals surface area contributed by atoms with Gasteiger partial charge in [0.2, 0.25) is 10.0 Å². The third-order valence-corrected chi connectivity index (χ3v) is 6.18. The third-order valence-electron chi connectivity index (χ3n) is 4.16. The molecule has 3 rings (SSSR count). The van der Waals surface area contributed by atoms with Gasteiger partial charge in [0, 0.05) is 48.6 Å². The van der Waals surface area contributed by atoms with Gasteiger partial charge in [0.05, 0.1) is 4.90 Å². The van der Waals surface area contributed by atoms with Gasteiger partial charge >= 0.3 is 0 Å². The molecule has 6 nitrogen and oxygen atoms in total. The smallest absolute Gasteiger partial charge is 0.242 e. The number of benzene rings is 2. The lowest BCUT2D eigenvalue weighted by atomic mass is 10.1. The number of aryl methyl sites for hydroxylation is 1. The monoisotopic (exact) mass is 400 g/mol. The summed E-state index contributed by atoms with van der Waals surface area (Å²) in [6.45, 7) is 1.89. The highest BCUT2D eigenvalue weighted by Gasteiger charge is 2.18. The quantitative estimate of drug-likeness (QED) is 0.652. The summed E-state index contributed by atoms with van der Waals surface area (Å²) in [7, 11) is -0.509. The Bertz CT molecular complexity index is 1110. The molecule has 0 radical (unpaired) electrons. The van der Waals surface area contributed by atoms with E-state index in [4.69, 9.17) is 12.2 Å². The molecule has 1 aromatic heterocycles. The Morgan fingerprint density at radius 3 is 2.56 bits per heavy atom. The lowest BCUT2D eigenvalue weighted by Gasteiger charge is -2.16. The number of rotatable bonds is 4. The van der Waals surface area contributed by atoms with E-state index in [2.05, 4.69) is 15.6 Å². The maximum atomic E-state index is 12.4. The molecule has 0 aliphatic carbocycles. The van der Waals surface area contributed by atoms with E-state index in [1.54, 1.807) is 30.6 Å². The van der Waals surface area contributed by atoms with Crippen molar-refractivity contribution in [3.63, 3.8) is 0 Å². The van der Waals surface area contributed by atoms with E-state index in [0.717, 1.165) is 22.0 Å². The number of anilines is 2. The highest BCUT2D eigenvalue weighted by atomic mass is 32.2.